The molecule has 0 amide bonds. The largest absolute Gasteiger partial charge is 0.301 e. The number of nitrogens with zero attached hydrogens (tertiary/aromatic N) is 4. The third-order valence-corrected chi connectivity index (χ3v) is 4.83. The second-order valence-electron chi connectivity index (χ2n) is 6.38. The third kappa shape index (κ3) is 2.83. The zero-order chi connectivity index (χ0) is 16.2. The molecule has 0 radical (unpaired) electrons. The molecule has 0 saturated heterocycles. The second kappa shape index (κ2) is 6.53. The fourth-order valence-electron chi connectivity index (χ4n) is 3.55. The molecule has 0 bridgehead atoms. The molecule has 3 aromatic rings. The van der Waals surface area contributed by atoms with Gasteiger partial charge in [-0.3, -0.25) is 0 Å². The third-order valence-electron chi connectivity index (χ3n) is 4.83. The van der Waals surface area contributed by atoms with Crippen LogP contribution in [0.3, 0.4) is 0 Å². The van der Waals surface area contributed by atoms with Crippen molar-refractivity contribution in [2.75, 3.05) is 0 Å². The van der Waals surface area contributed by atoms with Gasteiger partial charge in [0.1, 0.15) is 0 Å². The van der Waals surface area contributed by atoms with E-state index >= 15 is 0 Å². The van der Waals surface area contributed by atoms with E-state index in [0.717, 1.165) is 30.9 Å². The molecule has 122 valence electrons. The Kier molecular flexibility index (Phi) is 4.09. The highest BCUT2D eigenvalue weighted by molar-refractivity contribution is 5.32. The molecule has 1 N–H and O–H groups in total. The molecule has 5 nitrogen and oxygen atoms in total. The number of tetrazole rings is 1. The van der Waals surface area contributed by atoms with Crippen molar-refractivity contribution in [1.29, 1.82) is 0 Å². The summed E-state index contributed by atoms with van der Waals surface area (Å²) in [5.41, 5.74) is 2.13. The van der Waals surface area contributed by atoms with E-state index in [-0.39, 0.29) is 5.54 Å². The Hall–Kier alpha value is -2.53. The van der Waals surface area contributed by atoms with Gasteiger partial charge in [0.05, 0.1) is 11.2 Å². The fourth-order valence-corrected chi connectivity index (χ4v) is 3.55. The van der Waals surface area contributed by atoms with E-state index < -0.39 is 0 Å². The summed E-state index contributed by atoms with van der Waals surface area (Å²) in [6, 6.07) is 20.6. The SMILES string of the molecule is c1ccc(CNC2(c3nnnn3-c3ccccc3)CCCC2)cc1. The smallest absolute Gasteiger partial charge is 0.176 e. The second-order valence-corrected chi connectivity index (χ2v) is 6.38. The first-order valence-corrected chi connectivity index (χ1v) is 8.51. The molecule has 0 unspecified atom stereocenters. The topological polar surface area (TPSA) is 55.6 Å². The number of benzene rings is 2. The van der Waals surface area contributed by atoms with Crippen molar-refractivity contribution in [3.8, 4) is 5.69 Å². The molecule has 1 aliphatic rings. The molecule has 5 heteroatoms. The van der Waals surface area contributed by atoms with E-state index in [1.807, 2.05) is 41.1 Å². The Morgan fingerprint density at radius 2 is 1.58 bits per heavy atom. The van der Waals surface area contributed by atoms with E-state index in [1.165, 1.54) is 18.4 Å². The fraction of sp³-hybridized carbons (Fsp3) is 0.316. The molecular weight excluding hydrogens is 298 g/mol. The van der Waals surface area contributed by atoms with Crippen LogP contribution in [-0.2, 0) is 12.1 Å². The Morgan fingerprint density at radius 1 is 0.917 bits per heavy atom. The summed E-state index contributed by atoms with van der Waals surface area (Å²) in [5, 5.41) is 16.4. The highest BCUT2D eigenvalue weighted by atomic mass is 15.6. The van der Waals surface area contributed by atoms with Crippen molar-refractivity contribution in [2.45, 2.75) is 37.8 Å². The van der Waals surface area contributed by atoms with Gasteiger partial charge >= 0.3 is 0 Å². The minimum atomic E-state index is -0.158. The average Bonchev–Trinajstić information content (AvgIpc) is 3.32. The Bertz CT molecular complexity index is 776. The first-order valence-electron chi connectivity index (χ1n) is 8.51. The van der Waals surface area contributed by atoms with Gasteiger partial charge in [0.25, 0.3) is 0 Å². The minimum absolute atomic E-state index is 0.158. The Morgan fingerprint density at radius 3 is 2.29 bits per heavy atom. The van der Waals surface area contributed by atoms with Gasteiger partial charge in [-0.15, -0.1) is 5.10 Å². The van der Waals surface area contributed by atoms with Crippen molar-refractivity contribution in [3.05, 3.63) is 72.1 Å². The minimum Gasteiger partial charge on any atom is -0.301 e. The van der Waals surface area contributed by atoms with Crippen molar-refractivity contribution in [3.63, 3.8) is 0 Å². The highest BCUT2D eigenvalue weighted by Crippen LogP contribution is 2.38. The van der Waals surface area contributed by atoms with Crippen LogP contribution in [0.4, 0.5) is 0 Å². The molecule has 1 aliphatic carbocycles. The molecule has 4 rings (SSSR count). The molecule has 1 heterocycles. The quantitative estimate of drug-likeness (QED) is 0.784. The van der Waals surface area contributed by atoms with E-state index in [4.69, 9.17) is 0 Å². The van der Waals surface area contributed by atoms with Gasteiger partial charge in [0.2, 0.25) is 0 Å². The summed E-state index contributed by atoms with van der Waals surface area (Å²) in [6.07, 6.45) is 4.52. The molecule has 1 saturated carbocycles. The number of hydrogen-bond acceptors (Lipinski definition) is 4. The lowest BCUT2D eigenvalue weighted by Gasteiger charge is -2.29. The van der Waals surface area contributed by atoms with Crippen LogP contribution in [0.2, 0.25) is 0 Å². The first-order chi connectivity index (χ1) is 11.9. The Balaban J connectivity index is 1.65. The molecule has 0 atom stereocenters. The number of para-hydroxylation sites is 1. The highest BCUT2D eigenvalue weighted by Gasteiger charge is 2.40. The summed E-state index contributed by atoms with van der Waals surface area (Å²) in [6.45, 7) is 0.822. The summed E-state index contributed by atoms with van der Waals surface area (Å²) >= 11 is 0. The number of hydrogen-bond donors (Lipinski definition) is 1. The van der Waals surface area contributed by atoms with Crippen LogP contribution < -0.4 is 5.32 Å². The maximum Gasteiger partial charge on any atom is 0.176 e. The van der Waals surface area contributed by atoms with Gasteiger partial charge in [-0.25, -0.2) is 0 Å². The summed E-state index contributed by atoms with van der Waals surface area (Å²) in [4.78, 5) is 0. The predicted molar refractivity (Wildman–Crippen MR) is 92.6 cm³/mol. The lowest BCUT2D eigenvalue weighted by Crippen LogP contribution is -2.41. The average molecular weight is 319 g/mol. The van der Waals surface area contributed by atoms with Crippen LogP contribution in [-0.4, -0.2) is 20.2 Å². The van der Waals surface area contributed by atoms with Gasteiger partial charge in [0.15, 0.2) is 5.82 Å². The number of rotatable bonds is 5. The lowest BCUT2D eigenvalue weighted by molar-refractivity contribution is 0.312. The van der Waals surface area contributed by atoms with Crippen LogP contribution in [0.15, 0.2) is 60.7 Å². The molecule has 1 fully saturated rings. The molecule has 24 heavy (non-hydrogen) atoms. The lowest BCUT2D eigenvalue weighted by atomic mass is 9.95. The van der Waals surface area contributed by atoms with Crippen molar-refractivity contribution >= 4 is 0 Å². The van der Waals surface area contributed by atoms with Crippen molar-refractivity contribution < 1.29 is 0 Å². The van der Waals surface area contributed by atoms with E-state index in [1.54, 1.807) is 0 Å². The van der Waals surface area contributed by atoms with Gasteiger partial charge in [-0.05, 0) is 41.0 Å². The zero-order valence-electron chi connectivity index (χ0n) is 13.6. The van der Waals surface area contributed by atoms with E-state index in [2.05, 4.69) is 45.1 Å². The van der Waals surface area contributed by atoms with Crippen LogP contribution >= 0.6 is 0 Å². The number of aromatic nitrogens is 4. The van der Waals surface area contributed by atoms with Crippen molar-refractivity contribution in [1.82, 2.24) is 25.5 Å². The molecular formula is C19H21N5. The summed E-state index contributed by atoms with van der Waals surface area (Å²) in [5.74, 6) is 0.919. The summed E-state index contributed by atoms with van der Waals surface area (Å²) < 4.78 is 1.88. The first kappa shape index (κ1) is 15.0. The van der Waals surface area contributed by atoms with Crippen LogP contribution in [0.5, 0.6) is 0 Å². The monoisotopic (exact) mass is 319 g/mol. The van der Waals surface area contributed by atoms with Gasteiger partial charge in [-0.2, -0.15) is 4.68 Å². The van der Waals surface area contributed by atoms with E-state index in [0.29, 0.717) is 0 Å². The molecule has 0 spiro atoms. The summed E-state index contributed by atoms with van der Waals surface area (Å²) in [7, 11) is 0. The van der Waals surface area contributed by atoms with Crippen LogP contribution in [0.1, 0.15) is 37.1 Å². The normalized spacial score (nSPS) is 16.3. The van der Waals surface area contributed by atoms with Gasteiger partial charge < -0.3 is 5.32 Å². The maximum atomic E-state index is 4.40. The maximum absolute atomic E-state index is 4.40. The van der Waals surface area contributed by atoms with Crippen molar-refractivity contribution in [2.24, 2.45) is 0 Å². The van der Waals surface area contributed by atoms with Crippen LogP contribution in [0, 0.1) is 0 Å². The standard InChI is InChI=1S/C19H21N5/c1-3-9-16(10-4-1)15-20-19(13-7-8-14-19)18-21-22-23-24(18)17-11-5-2-6-12-17/h1-6,9-12,20H,7-8,13-15H2. The molecule has 2 aromatic carbocycles. The predicted octanol–water partition coefficient (Wildman–Crippen LogP) is 3.22. The van der Waals surface area contributed by atoms with Crippen LogP contribution in [0.25, 0.3) is 5.69 Å². The zero-order valence-corrected chi connectivity index (χ0v) is 13.6. The van der Waals surface area contributed by atoms with Gasteiger partial charge in [0, 0.05) is 6.54 Å². The van der Waals surface area contributed by atoms with Gasteiger partial charge in [-0.1, -0.05) is 61.4 Å². The molecule has 0 aliphatic heterocycles. The molecule has 1 aromatic heterocycles. The van der Waals surface area contributed by atoms with E-state index in [9.17, 15) is 0 Å². The number of nitrogens with one attached hydrogen (secondary N) is 1. The Labute approximate surface area is 141 Å².